The van der Waals surface area contributed by atoms with Crippen molar-refractivity contribution in [1.29, 1.82) is 0 Å². The van der Waals surface area contributed by atoms with E-state index in [1.807, 2.05) is 4.72 Å². The number of H-pyrrole nitrogens is 1. The van der Waals surface area contributed by atoms with Crippen molar-refractivity contribution in [2.45, 2.75) is 5.03 Å². The first-order chi connectivity index (χ1) is 8.40. The minimum Gasteiger partial charge on any atom is -0.504 e. The topological polar surface area (TPSA) is 95.1 Å². The number of aromatic nitrogens is 2. The molecule has 0 bridgehead atoms. The molecule has 96 valence electrons. The number of phenolic OH excluding ortho intramolecular Hbond substituents is 1. The standard InChI is InChI=1S/C9H7ClFN3O3S/c10-6-1-5(11)2-7(9(6)15)14-18(16,17)8-3-12-4-13-8/h1-4,14-15H,(H,12,13). The fourth-order valence-electron chi connectivity index (χ4n) is 1.23. The van der Waals surface area contributed by atoms with Gasteiger partial charge in [0.15, 0.2) is 10.8 Å². The van der Waals surface area contributed by atoms with Crippen molar-refractivity contribution < 1.29 is 17.9 Å². The summed E-state index contributed by atoms with van der Waals surface area (Å²) in [6, 6.07) is 1.68. The SMILES string of the molecule is O=S(=O)(Nc1cc(F)cc(Cl)c1O)c1cnc[nH]1. The van der Waals surface area contributed by atoms with Gasteiger partial charge < -0.3 is 10.1 Å². The highest BCUT2D eigenvalue weighted by molar-refractivity contribution is 7.92. The van der Waals surface area contributed by atoms with Gasteiger partial charge >= 0.3 is 0 Å². The molecule has 1 heterocycles. The van der Waals surface area contributed by atoms with Crippen molar-refractivity contribution in [2.24, 2.45) is 0 Å². The average Bonchev–Trinajstić information content (AvgIpc) is 2.78. The summed E-state index contributed by atoms with van der Waals surface area (Å²) in [7, 11) is -3.98. The van der Waals surface area contributed by atoms with Crippen LogP contribution < -0.4 is 4.72 Å². The summed E-state index contributed by atoms with van der Waals surface area (Å²) in [5, 5.41) is 9.02. The maximum Gasteiger partial charge on any atom is 0.279 e. The summed E-state index contributed by atoms with van der Waals surface area (Å²) in [4.78, 5) is 5.93. The van der Waals surface area contributed by atoms with E-state index in [4.69, 9.17) is 11.6 Å². The molecule has 0 amide bonds. The Morgan fingerprint density at radius 3 is 2.78 bits per heavy atom. The Bertz CT molecular complexity index is 673. The molecule has 9 heteroatoms. The number of nitrogens with one attached hydrogen (secondary N) is 2. The quantitative estimate of drug-likeness (QED) is 0.750. The molecule has 0 radical (unpaired) electrons. The predicted octanol–water partition coefficient (Wildman–Crippen LogP) is 1.71. The van der Waals surface area contributed by atoms with Crippen LogP contribution in [-0.2, 0) is 10.0 Å². The summed E-state index contributed by atoms with van der Waals surface area (Å²) >= 11 is 5.53. The highest BCUT2D eigenvalue weighted by atomic mass is 35.5. The minimum atomic E-state index is -3.98. The molecular weight excluding hydrogens is 285 g/mol. The van der Waals surface area contributed by atoms with E-state index < -0.39 is 21.6 Å². The number of sulfonamides is 1. The smallest absolute Gasteiger partial charge is 0.279 e. The van der Waals surface area contributed by atoms with Gasteiger partial charge in [0, 0.05) is 6.07 Å². The van der Waals surface area contributed by atoms with Crippen molar-refractivity contribution in [1.82, 2.24) is 9.97 Å². The third kappa shape index (κ3) is 2.39. The van der Waals surface area contributed by atoms with Gasteiger partial charge in [0.25, 0.3) is 10.0 Å². The van der Waals surface area contributed by atoms with Crippen molar-refractivity contribution >= 4 is 27.3 Å². The lowest BCUT2D eigenvalue weighted by molar-refractivity contribution is 0.476. The Labute approximate surface area is 106 Å². The monoisotopic (exact) mass is 291 g/mol. The molecule has 0 aliphatic carbocycles. The summed E-state index contributed by atoms with van der Waals surface area (Å²) < 4.78 is 38.6. The molecule has 1 aromatic carbocycles. The molecule has 0 aliphatic rings. The molecule has 2 aromatic rings. The summed E-state index contributed by atoms with van der Waals surface area (Å²) in [6.45, 7) is 0. The first kappa shape index (κ1) is 12.7. The van der Waals surface area contributed by atoms with Gasteiger partial charge in [-0.1, -0.05) is 11.6 Å². The van der Waals surface area contributed by atoms with Gasteiger partial charge in [-0.05, 0) is 6.07 Å². The van der Waals surface area contributed by atoms with Crippen LogP contribution in [0.1, 0.15) is 0 Å². The maximum absolute atomic E-state index is 13.1. The van der Waals surface area contributed by atoms with Gasteiger partial charge in [-0.15, -0.1) is 0 Å². The summed E-state index contributed by atoms with van der Waals surface area (Å²) in [6.07, 6.45) is 2.24. The number of hydrogen-bond acceptors (Lipinski definition) is 4. The maximum atomic E-state index is 13.1. The number of rotatable bonds is 3. The fourth-order valence-corrected chi connectivity index (χ4v) is 2.40. The number of nitrogens with zero attached hydrogens (tertiary/aromatic N) is 1. The van der Waals surface area contributed by atoms with Gasteiger partial charge in [0.1, 0.15) is 5.82 Å². The Morgan fingerprint density at radius 1 is 1.44 bits per heavy atom. The molecule has 0 atom stereocenters. The molecule has 18 heavy (non-hydrogen) atoms. The van der Waals surface area contributed by atoms with Gasteiger partial charge in [-0.3, -0.25) is 4.72 Å². The van der Waals surface area contributed by atoms with Gasteiger partial charge in [-0.25, -0.2) is 9.37 Å². The number of benzene rings is 1. The van der Waals surface area contributed by atoms with E-state index >= 15 is 0 Å². The van der Waals surface area contributed by atoms with Crippen molar-refractivity contribution in [2.75, 3.05) is 4.72 Å². The highest BCUT2D eigenvalue weighted by Crippen LogP contribution is 2.33. The minimum absolute atomic E-state index is 0.220. The summed E-state index contributed by atoms with van der Waals surface area (Å²) in [5.41, 5.74) is -0.352. The summed E-state index contributed by atoms with van der Waals surface area (Å²) in [5.74, 6) is -1.33. The zero-order valence-corrected chi connectivity index (χ0v) is 10.3. The number of hydrogen-bond donors (Lipinski definition) is 3. The van der Waals surface area contributed by atoms with Crippen LogP contribution in [-0.4, -0.2) is 23.5 Å². The van der Waals surface area contributed by atoms with Gasteiger partial charge in [-0.2, -0.15) is 8.42 Å². The van der Waals surface area contributed by atoms with E-state index in [0.717, 1.165) is 18.3 Å². The number of phenols is 1. The number of aromatic amines is 1. The second kappa shape index (κ2) is 4.46. The lowest BCUT2D eigenvalue weighted by Gasteiger charge is -2.09. The first-order valence-corrected chi connectivity index (χ1v) is 6.45. The van der Waals surface area contributed by atoms with Crippen LogP contribution in [0, 0.1) is 5.82 Å². The molecule has 0 spiro atoms. The molecule has 6 nitrogen and oxygen atoms in total. The van der Waals surface area contributed by atoms with Crippen molar-refractivity contribution in [3.8, 4) is 5.75 Å². The Morgan fingerprint density at radius 2 is 2.17 bits per heavy atom. The molecule has 0 unspecified atom stereocenters. The van der Waals surface area contributed by atoms with Crippen molar-refractivity contribution in [3.05, 3.63) is 35.5 Å². The molecule has 0 aliphatic heterocycles. The first-order valence-electron chi connectivity index (χ1n) is 4.59. The molecule has 0 saturated heterocycles. The zero-order chi connectivity index (χ0) is 13.3. The molecular formula is C9H7ClFN3O3S. The highest BCUT2D eigenvalue weighted by Gasteiger charge is 2.19. The molecule has 0 saturated carbocycles. The third-order valence-corrected chi connectivity index (χ3v) is 3.61. The Kier molecular flexibility index (Phi) is 3.14. The second-order valence-corrected chi connectivity index (χ2v) is 5.36. The van der Waals surface area contributed by atoms with Crippen LogP contribution in [0.3, 0.4) is 0 Å². The van der Waals surface area contributed by atoms with E-state index in [0.29, 0.717) is 0 Å². The number of aromatic hydroxyl groups is 1. The fraction of sp³-hybridized carbons (Fsp3) is 0. The van der Waals surface area contributed by atoms with Crippen molar-refractivity contribution in [3.63, 3.8) is 0 Å². The third-order valence-electron chi connectivity index (χ3n) is 2.04. The lowest BCUT2D eigenvalue weighted by atomic mass is 10.3. The molecule has 3 N–H and O–H groups in total. The van der Waals surface area contributed by atoms with Crippen LogP contribution in [0.25, 0.3) is 0 Å². The zero-order valence-electron chi connectivity index (χ0n) is 8.68. The van der Waals surface area contributed by atoms with Crippen LogP contribution >= 0.6 is 11.6 Å². The molecule has 2 rings (SSSR count). The average molecular weight is 292 g/mol. The Hall–Kier alpha value is -1.80. The second-order valence-electron chi connectivity index (χ2n) is 3.31. The predicted molar refractivity (Wildman–Crippen MR) is 62.5 cm³/mol. The molecule has 1 aromatic heterocycles. The van der Waals surface area contributed by atoms with Crippen LogP contribution in [0.5, 0.6) is 5.75 Å². The van der Waals surface area contributed by atoms with E-state index in [2.05, 4.69) is 9.97 Å². The Balaban J connectivity index is 2.41. The largest absolute Gasteiger partial charge is 0.504 e. The van der Waals surface area contributed by atoms with Gasteiger partial charge in [0.2, 0.25) is 0 Å². The number of halogens is 2. The molecule has 0 fully saturated rings. The number of imidazole rings is 1. The van der Waals surface area contributed by atoms with E-state index in [1.54, 1.807) is 0 Å². The van der Waals surface area contributed by atoms with Gasteiger partial charge in [0.05, 0.1) is 23.2 Å². The van der Waals surface area contributed by atoms with Crippen LogP contribution in [0.15, 0.2) is 29.7 Å². The lowest BCUT2D eigenvalue weighted by Crippen LogP contribution is -2.13. The van der Waals surface area contributed by atoms with E-state index in [1.165, 1.54) is 6.33 Å². The van der Waals surface area contributed by atoms with Crippen LogP contribution in [0.2, 0.25) is 5.02 Å². The normalized spacial score (nSPS) is 11.4. The van der Waals surface area contributed by atoms with E-state index in [-0.39, 0.29) is 15.7 Å². The number of anilines is 1. The van der Waals surface area contributed by atoms with E-state index in [9.17, 15) is 17.9 Å². The van der Waals surface area contributed by atoms with Crippen LogP contribution in [0.4, 0.5) is 10.1 Å².